The summed E-state index contributed by atoms with van der Waals surface area (Å²) >= 11 is 0. The average molecular weight is 392 g/mol. The van der Waals surface area contributed by atoms with Crippen molar-refractivity contribution in [3.05, 3.63) is 41.5 Å². The second-order valence-corrected chi connectivity index (χ2v) is 6.74. The zero-order chi connectivity index (χ0) is 24.7. The summed E-state index contributed by atoms with van der Waals surface area (Å²) in [6.07, 6.45) is 0.616. The van der Waals surface area contributed by atoms with E-state index in [2.05, 4.69) is 0 Å². The number of esters is 1. The van der Waals surface area contributed by atoms with Crippen LogP contribution in [0.3, 0.4) is 0 Å². The Hall–Kier alpha value is -3.09. The topological polar surface area (TPSA) is 83.5 Å². The highest BCUT2D eigenvalue weighted by molar-refractivity contribution is 5.75. The highest BCUT2D eigenvalue weighted by Crippen LogP contribution is 2.40. The molecule has 2 aliphatic heterocycles. The lowest BCUT2D eigenvalue weighted by Gasteiger charge is -2.17. The Morgan fingerprint density at radius 3 is 2.79 bits per heavy atom. The van der Waals surface area contributed by atoms with Gasteiger partial charge in [0.1, 0.15) is 0 Å². The van der Waals surface area contributed by atoms with Crippen molar-refractivity contribution >= 4 is 5.97 Å². The molecule has 2 aromatic rings. The molecule has 1 N–H and O–H groups in total. The SMILES string of the molecule is [2H]C([2H])([2H])Oc1cc(CC2C(=O)OCC2Cc2ccc3c(c2)OCO3)cc(O)c1OC([2H])([2H])[2H]. The maximum atomic E-state index is 12.5. The number of methoxy groups -OCH3 is 2. The van der Waals surface area contributed by atoms with Crippen molar-refractivity contribution in [1.29, 1.82) is 0 Å². The molecular formula is C21H22O7. The molecule has 28 heavy (non-hydrogen) atoms. The summed E-state index contributed by atoms with van der Waals surface area (Å²) < 4.78 is 69.4. The number of phenolic OH excluding ortho intramolecular Hbond substituents is 1. The predicted octanol–water partition coefficient (Wildman–Crippen LogP) is 2.71. The summed E-state index contributed by atoms with van der Waals surface area (Å²) in [5.74, 6) is -1.63. The number of hydrogen-bond acceptors (Lipinski definition) is 7. The van der Waals surface area contributed by atoms with Gasteiger partial charge in [-0.1, -0.05) is 6.07 Å². The van der Waals surface area contributed by atoms with E-state index in [1.54, 1.807) is 6.07 Å². The van der Waals surface area contributed by atoms with Crippen LogP contribution in [0.15, 0.2) is 30.3 Å². The van der Waals surface area contributed by atoms with Crippen LogP contribution >= 0.6 is 0 Å². The van der Waals surface area contributed by atoms with E-state index in [0.29, 0.717) is 23.5 Å². The first-order chi connectivity index (χ1) is 15.9. The maximum absolute atomic E-state index is 12.5. The van der Waals surface area contributed by atoms with Crippen LogP contribution in [-0.4, -0.2) is 38.6 Å². The van der Waals surface area contributed by atoms with Crippen molar-refractivity contribution in [2.75, 3.05) is 27.5 Å². The Labute approximate surface area is 171 Å². The van der Waals surface area contributed by atoms with Crippen molar-refractivity contribution < 1.29 is 41.8 Å². The van der Waals surface area contributed by atoms with Gasteiger partial charge in [0.05, 0.1) is 34.8 Å². The molecule has 0 aliphatic carbocycles. The first-order valence-corrected chi connectivity index (χ1v) is 8.67. The van der Waals surface area contributed by atoms with Crippen molar-refractivity contribution in [3.63, 3.8) is 0 Å². The molecule has 0 radical (unpaired) electrons. The Bertz CT molecular complexity index is 1080. The van der Waals surface area contributed by atoms with Crippen molar-refractivity contribution in [3.8, 4) is 28.7 Å². The summed E-state index contributed by atoms with van der Waals surface area (Å²) in [7, 11) is -5.87. The van der Waals surface area contributed by atoms with Crippen LogP contribution in [-0.2, 0) is 22.4 Å². The summed E-state index contributed by atoms with van der Waals surface area (Å²) in [5.41, 5.74) is 1.28. The number of carbonyl (C=O) groups is 1. The minimum atomic E-state index is -2.95. The fraction of sp³-hybridized carbons (Fsp3) is 0.381. The maximum Gasteiger partial charge on any atom is 0.309 e. The van der Waals surface area contributed by atoms with Crippen LogP contribution in [0.25, 0.3) is 0 Å². The molecule has 2 aromatic carbocycles. The normalized spacial score (nSPS) is 24.2. The molecule has 2 heterocycles. The molecule has 2 aliphatic rings. The van der Waals surface area contributed by atoms with Gasteiger partial charge in [0.15, 0.2) is 23.0 Å². The molecule has 148 valence electrons. The van der Waals surface area contributed by atoms with E-state index < -0.39 is 43.2 Å². The van der Waals surface area contributed by atoms with Gasteiger partial charge in [-0.25, -0.2) is 0 Å². The van der Waals surface area contributed by atoms with Crippen LogP contribution < -0.4 is 18.9 Å². The van der Waals surface area contributed by atoms with E-state index in [1.165, 1.54) is 12.1 Å². The molecule has 0 aromatic heterocycles. The standard InChI is InChI=1S/C21H22O7/c1-24-19-9-13(7-16(22)20(19)25-2)6-15-14(10-26-21(15)23)5-12-3-4-17-18(8-12)28-11-27-17/h3-4,7-9,14-15,22H,5-6,10-11H2,1-2H3/i1D3,2D3. The minimum absolute atomic E-state index is 0.104. The highest BCUT2D eigenvalue weighted by Gasteiger charge is 2.37. The summed E-state index contributed by atoms with van der Waals surface area (Å²) in [4.78, 5) is 12.5. The number of aromatic hydroxyl groups is 1. The zero-order valence-corrected chi connectivity index (χ0v) is 14.8. The van der Waals surface area contributed by atoms with Gasteiger partial charge in [-0.15, -0.1) is 0 Å². The van der Waals surface area contributed by atoms with E-state index in [9.17, 15) is 9.90 Å². The molecule has 2 atom stereocenters. The molecule has 0 spiro atoms. The molecule has 4 rings (SSSR count). The second kappa shape index (κ2) is 7.50. The third-order valence-electron chi connectivity index (χ3n) is 5.01. The molecule has 2 unspecified atom stereocenters. The number of benzene rings is 2. The number of rotatable bonds is 6. The molecule has 0 bridgehead atoms. The number of cyclic esters (lactones) is 1. The first-order valence-electron chi connectivity index (χ1n) is 11.7. The molecule has 1 fully saturated rings. The van der Waals surface area contributed by atoms with Crippen LogP contribution in [0.2, 0.25) is 0 Å². The zero-order valence-electron chi connectivity index (χ0n) is 20.8. The second-order valence-electron chi connectivity index (χ2n) is 6.74. The van der Waals surface area contributed by atoms with E-state index in [1.807, 2.05) is 12.1 Å². The van der Waals surface area contributed by atoms with Gasteiger partial charge >= 0.3 is 5.97 Å². The van der Waals surface area contributed by atoms with Gasteiger partial charge < -0.3 is 28.8 Å². The van der Waals surface area contributed by atoms with Gasteiger partial charge in [0.2, 0.25) is 12.5 Å². The minimum Gasteiger partial charge on any atom is -0.504 e. The number of hydrogen-bond donors (Lipinski definition) is 1. The largest absolute Gasteiger partial charge is 0.504 e. The lowest BCUT2D eigenvalue weighted by molar-refractivity contribution is -0.141. The molecule has 1 saturated heterocycles. The van der Waals surface area contributed by atoms with E-state index in [0.717, 1.165) is 5.56 Å². The monoisotopic (exact) mass is 392 g/mol. The van der Waals surface area contributed by atoms with Crippen LogP contribution in [0.4, 0.5) is 0 Å². The summed E-state index contributed by atoms with van der Waals surface area (Å²) in [5, 5.41) is 10.4. The Morgan fingerprint density at radius 1 is 1.07 bits per heavy atom. The highest BCUT2D eigenvalue weighted by atomic mass is 16.7. The van der Waals surface area contributed by atoms with Gasteiger partial charge in [-0.2, -0.15) is 0 Å². The third-order valence-corrected chi connectivity index (χ3v) is 5.01. The van der Waals surface area contributed by atoms with Crippen LogP contribution in [0, 0.1) is 11.8 Å². The number of phenols is 1. The van der Waals surface area contributed by atoms with Crippen molar-refractivity contribution in [2.24, 2.45) is 11.8 Å². The predicted molar refractivity (Wildman–Crippen MR) is 99.1 cm³/mol. The number of ether oxygens (including phenoxy) is 5. The lowest BCUT2D eigenvalue weighted by atomic mass is 9.85. The van der Waals surface area contributed by atoms with E-state index >= 15 is 0 Å². The summed E-state index contributed by atoms with van der Waals surface area (Å²) in [6.45, 7) is 0.348. The molecule has 0 saturated carbocycles. The van der Waals surface area contributed by atoms with Crippen LogP contribution in [0.5, 0.6) is 28.7 Å². The van der Waals surface area contributed by atoms with Gasteiger partial charge in [-0.05, 0) is 48.2 Å². The molecular weight excluding hydrogens is 364 g/mol. The summed E-state index contributed by atoms with van der Waals surface area (Å²) in [6, 6.07) is 7.98. The first kappa shape index (κ1) is 12.4. The van der Waals surface area contributed by atoms with Crippen LogP contribution in [0.1, 0.15) is 19.4 Å². The molecule has 7 nitrogen and oxygen atoms in total. The molecule has 7 heteroatoms. The Kier molecular flexibility index (Phi) is 3.32. The fourth-order valence-corrected chi connectivity index (χ4v) is 3.62. The van der Waals surface area contributed by atoms with E-state index in [4.69, 9.17) is 31.9 Å². The Morgan fingerprint density at radius 2 is 1.93 bits per heavy atom. The van der Waals surface area contributed by atoms with Crippen molar-refractivity contribution in [1.82, 2.24) is 0 Å². The number of fused-ring (bicyclic) bond motifs is 1. The Balaban J connectivity index is 1.57. The molecule has 0 amide bonds. The fourth-order valence-electron chi connectivity index (χ4n) is 3.62. The smallest absolute Gasteiger partial charge is 0.309 e. The van der Waals surface area contributed by atoms with Crippen molar-refractivity contribution in [2.45, 2.75) is 12.8 Å². The average Bonchev–Trinajstić information content (AvgIpc) is 3.30. The third kappa shape index (κ3) is 3.40. The lowest BCUT2D eigenvalue weighted by Crippen LogP contribution is -2.20. The quantitative estimate of drug-likeness (QED) is 0.757. The number of carbonyl (C=O) groups excluding carboxylic acids is 1. The van der Waals surface area contributed by atoms with Gasteiger partial charge in [0.25, 0.3) is 0 Å². The van der Waals surface area contributed by atoms with Gasteiger partial charge in [0, 0.05) is 5.92 Å². The van der Waals surface area contributed by atoms with E-state index in [-0.39, 0.29) is 25.7 Å². The van der Waals surface area contributed by atoms with Gasteiger partial charge in [-0.3, -0.25) is 4.79 Å².